The van der Waals surface area contributed by atoms with Gasteiger partial charge in [0.2, 0.25) is 0 Å². The minimum atomic E-state index is 1.03. The minimum Gasteiger partial charge on any atom is -0.0689 e. The van der Waals surface area contributed by atoms with Crippen LogP contribution in [0.25, 0.3) is 0 Å². The molecule has 0 aliphatic rings. The molecule has 0 radical (unpaired) electrons. The molecule has 120 valence electrons. The molecule has 0 nitrogen and oxygen atoms in total. The van der Waals surface area contributed by atoms with E-state index in [-0.39, 0.29) is 0 Å². The van der Waals surface area contributed by atoms with Gasteiger partial charge >= 0.3 is 0 Å². The molecule has 24 heavy (non-hydrogen) atoms. The third kappa shape index (κ3) is 6.20. The summed E-state index contributed by atoms with van der Waals surface area (Å²) in [6, 6.07) is 16.9. The highest BCUT2D eigenvalue weighted by atomic mass is 14.0. The van der Waals surface area contributed by atoms with Crippen molar-refractivity contribution in [3.8, 4) is 23.7 Å². The van der Waals surface area contributed by atoms with Gasteiger partial charge in [-0.1, -0.05) is 68.2 Å². The molecule has 0 bridgehead atoms. The smallest absolute Gasteiger partial charge is 0.0249 e. The fourth-order valence-corrected chi connectivity index (χ4v) is 2.29. The Balaban J connectivity index is 1.88. The minimum absolute atomic E-state index is 1.03. The van der Waals surface area contributed by atoms with Crippen molar-refractivity contribution in [2.45, 2.75) is 39.5 Å². The molecule has 0 heterocycles. The Bertz CT molecular complexity index is 766. The quantitative estimate of drug-likeness (QED) is 0.649. The van der Waals surface area contributed by atoms with Crippen LogP contribution in [0.3, 0.4) is 0 Å². The van der Waals surface area contributed by atoms with Gasteiger partial charge in [-0.15, -0.1) is 0 Å². The second-order valence-corrected chi connectivity index (χ2v) is 5.72. The van der Waals surface area contributed by atoms with E-state index < -0.39 is 0 Å². The average molecular weight is 312 g/mol. The SMILES string of the molecule is CCCCc1ccc(C#CC=CC#Cc2ccc(CC)cc2)cc1. The molecule has 0 heteroatoms. The van der Waals surface area contributed by atoms with Crippen LogP contribution in [-0.2, 0) is 12.8 Å². The Morgan fingerprint density at radius 3 is 1.67 bits per heavy atom. The molecule has 0 unspecified atom stereocenters. The van der Waals surface area contributed by atoms with Crippen molar-refractivity contribution in [3.63, 3.8) is 0 Å². The molecule has 0 saturated carbocycles. The zero-order valence-electron chi connectivity index (χ0n) is 14.6. The van der Waals surface area contributed by atoms with E-state index in [1.54, 1.807) is 12.2 Å². The lowest BCUT2D eigenvalue weighted by molar-refractivity contribution is 0.795. The van der Waals surface area contributed by atoms with Crippen molar-refractivity contribution < 1.29 is 0 Å². The highest BCUT2D eigenvalue weighted by Crippen LogP contribution is 2.07. The number of unbranched alkanes of at least 4 members (excludes halogenated alkanes) is 1. The topological polar surface area (TPSA) is 0 Å². The van der Waals surface area contributed by atoms with Crippen molar-refractivity contribution >= 4 is 0 Å². The van der Waals surface area contributed by atoms with Crippen molar-refractivity contribution in [1.82, 2.24) is 0 Å². The van der Waals surface area contributed by atoms with E-state index in [0.29, 0.717) is 0 Å². The van der Waals surface area contributed by atoms with E-state index in [0.717, 1.165) is 24.0 Å². The first-order chi connectivity index (χ1) is 11.8. The Morgan fingerprint density at radius 1 is 0.708 bits per heavy atom. The molecule has 0 N–H and O–H groups in total. The highest BCUT2D eigenvalue weighted by Gasteiger charge is 1.92. The van der Waals surface area contributed by atoms with Crippen LogP contribution < -0.4 is 0 Å². The lowest BCUT2D eigenvalue weighted by Crippen LogP contribution is -1.84. The Kier molecular flexibility index (Phi) is 7.46. The zero-order valence-corrected chi connectivity index (χ0v) is 14.6. The van der Waals surface area contributed by atoms with Crippen LogP contribution in [0.15, 0.2) is 60.7 Å². The molecule has 0 aliphatic carbocycles. The predicted octanol–water partition coefficient (Wildman–Crippen LogP) is 5.55. The lowest BCUT2D eigenvalue weighted by Gasteiger charge is -1.98. The van der Waals surface area contributed by atoms with Crippen LogP contribution in [0, 0.1) is 23.7 Å². The lowest BCUT2D eigenvalue weighted by atomic mass is 10.1. The third-order valence-corrected chi connectivity index (χ3v) is 3.82. The molecule has 0 spiro atoms. The molecule has 0 aromatic heterocycles. The summed E-state index contributed by atoms with van der Waals surface area (Å²) in [6.07, 6.45) is 8.29. The maximum absolute atomic E-state index is 3.14. The summed E-state index contributed by atoms with van der Waals surface area (Å²) in [5.41, 5.74) is 4.80. The molecular formula is C24H24. The van der Waals surface area contributed by atoms with Crippen LogP contribution in [0.4, 0.5) is 0 Å². The Hall–Kier alpha value is -2.70. The summed E-state index contributed by atoms with van der Waals surface area (Å²) in [5.74, 6) is 12.3. The standard InChI is InChI=1S/C24H24/c1-3-5-10-22-17-19-24(20-18-22)12-9-7-6-8-11-23-15-13-21(4-2)14-16-23/h6-7,13-20H,3-5,10H2,1-2H3. The molecule has 2 aromatic carbocycles. The van der Waals surface area contributed by atoms with Crippen molar-refractivity contribution in [2.24, 2.45) is 0 Å². The number of hydrogen-bond acceptors (Lipinski definition) is 0. The van der Waals surface area contributed by atoms with Gasteiger partial charge in [0, 0.05) is 11.1 Å². The van der Waals surface area contributed by atoms with Crippen LogP contribution in [-0.4, -0.2) is 0 Å². The van der Waals surface area contributed by atoms with Gasteiger partial charge in [-0.2, -0.15) is 0 Å². The van der Waals surface area contributed by atoms with Crippen LogP contribution in [0.1, 0.15) is 48.9 Å². The number of rotatable bonds is 4. The molecule has 0 saturated heterocycles. The maximum Gasteiger partial charge on any atom is 0.0249 e. The zero-order chi connectivity index (χ0) is 17.0. The first-order valence-corrected chi connectivity index (χ1v) is 8.67. The van der Waals surface area contributed by atoms with E-state index in [4.69, 9.17) is 0 Å². The van der Waals surface area contributed by atoms with E-state index in [1.165, 1.54) is 24.0 Å². The van der Waals surface area contributed by atoms with Gasteiger partial charge in [0.05, 0.1) is 0 Å². The normalized spacial score (nSPS) is 9.92. The Labute approximate surface area is 146 Å². The molecule has 0 atom stereocenters. The van der Waals surface area contributed by atoms with Gasteiger partial charge in [0.25, 0.3) is 0 Å². The monoisotopic (exact) mass is 312 g/mol. The fraction of sp³-hybridized carbons (Fsp3) is 0.250. The van der Waals surface area contributed by atoms with E-state index >= 15 is 0 Å². The number of aryl methyl sites for hydroxylation is 2. The van der Waals surface area contributed by atoms with Crippen molar-refractivity contribution in [2.75, 3.05) is 0 Å². The molecule has 2 aromatic rings. The predicted molar refractivity (Wildman–Crippen MR) is 104 cm³/mol. The molecule has 0 amide bonds. The number of allylic oxidation sites excluding steroid dienone is 2. The van der Waals surface area contributed by atoms with Crippen molar-refractivity contribution in [3.05, 3.63) is 82.9 Å². The Morgan fingerprint density at radius 2 is 1.21 bits per heavy atom. The summed E-state index contributed by atoms with van der Waals surface area (Å²) >= 11 is 0. The van der Waals surface area contributed by atoms with Crippen LogP contribution in [0.2, 0.25) is 0 Å². The number of hydrogen-bond donors (Lipinski definition) is 0. The summed E-state index contributed by atoms with van der Waals surface area (Å²) in [6.45, 7) is 4.37. The summed E-state index contributed by atoms with van der Waals surface area (Å²) < 4.78 is 0. The molecule has 0 aliphatic heterocycles. The van der Waals surface area contributed by atoms with Crippen LogP contribution in [0.5, 0.6) is 0 Å². The van der Waals surface area contributed by atoms with Gasteiger partial charge in [0.15, 0.2) is 0 Å². The first-order valence-electron chi connectivity index (χ1n) is 8.67. The van der Waals surface area contributed by atoms with E-state index in [2.05, 4.69) is 86.1 Å². The van der Waals surface area contributed by atoms with Crippen molar-refractivity contribution in [1.29, 1.82) is 0 Å². The van der Waals surface area contributed by atoms with Gasteiger partial charge < -0.3 is 0 Å². The fourth-order valence-electron chi connectivity index (χ4n) is 2.29. The van der Waals surface area contributed by atoms with E-state index in [1.807, 2.05) is 0 Å². The largest absolute Gasteiger partial charge is 0.0689 e. The molecule has 0 fully saturated rings. The molecular weight excluding hydrogens is 288 g/mol. The third-order valence-electron chi connectivity index (χ3n) is 3.82. The maximum atomic E-state index is 3.14. The second-order valence-electron chi connectivity index (χ2n) is 5.72. The second kappa shape index (κ2) is 10.1. The van der Waals surface area contributed by atoms with Gasteiger partial charge in [-0.25, -0.2) is 0 Å². The van der Waals surface area contributed by atoms with Gasteiger partial charge in [-0.05, 0) is 66.8 Å². The first kappa shape index (κ1) is 17.7. The summed E-state index contributed by atoms with van der Waals surface area (Å²) in [7, 11) is 0. The molecule has 2 rings (SSSR count). The number of benzene rings is 2. The summed E-state index contributed by atoms with van der Waals surface area (Å²) in [5, 5.41) is 0. The summed E-state index contributed by atoms with van der Waals surface area (Å²) in [4.78, 5) is 0. The van der Waals surface area contributed by atoms with Crippen LogP contribution >= 0.6 is 0 Å². The van der Waals surface area contributed by atoms with Gasteiger partial charge in [0.1, 0.15) is 0 Å². The highest BCUT2D eigenvalue weighted by molar-refractivity contribution is 5.41. The van der Waals surface area contributed by atoms with Gasteiger partial charge in [-0.3, -0.25) is 0 Å². The van der Waals surface area contributed by atoms with E-state index in [9.17, 15) is 0 Å². The average Bonchev–Trinajstić information content (AvgIpc) is 2.64.